The van der Waals surface area contributed by atoms with Crippen LogP contribution in [0.3, 0.4) is 0 Å². The Kier molecular flexibility index (Phi) is 8.39. The maximum atomic E-state index is 13.3. The summed E-state index contributed by atoms with van der Waals surface area (Å²) in [5, 5.41) is 8.17. The molecule has 158 valence electrons. The van der Waals surface area contributed by atoms with Gasteiger partial charge >= 0.3 is 0 Å². The molecular formula is C21H32Cl2FN3O. The molecule has 4 atom stereocenters. The first-order valence-electron chi connectivity index (χ1n) is 10.4. The third kappa shape index (κ3) is 5.59. The molecular weight excluding hydrogens is 400 g/mol. The van der Waals surface area contributed by atoms with Crippen molar-refractivity contribution in [1.29, 1.82) is 0 Å². The maximum Gasteiger partial charge on any atom is 0.124 e. The Balaban J connectivity index is 0.00000225. The fraction of sp³-hybridized carbons (Fsp3) is 0.714. The molecule has 0 bridgehead atoms. The molecule has 4 nitrogen and oxygen atoms in total. The molecule has 28 heavy (non-hydrogen) atoms. The molecule has 1 aliphatic carbocycles. The van der Waals surface area contributed by atoms with Crippen LogP contribution < -0.4 is 10.6 Å². The summed E-state index contributed by atoms with van der Waals surface area (Å²) in [5.41, 5.74) is 1.01. The zero-order valence-corrected chi connectivity index (χ0v) is 17.9. The lowest BCUT2D eigenvalue weighted by Gasteiger charge is -2.38. The molecule has 4 rings (SSSR count). The van der Waals surface area contributed by atoms with Gasteiger partial charge in [-0.05, 0) is 55.8 Å². The summed E-state index contributed by atoms with van der Waals surface area (Å²) in [6.45, 7) is 5.57. The minimum Gasteiger partial charge on any atom is -0.379 e. The second-order valence-corrected chi connectivity index (χ2v) is 8.72. The second-order valence-electron chi connectivity index (χ2n) is 8.31. The van der Waals surface area contributed by atoms with E-state index in [4.69, 9.17) is 16.3 Å². The van der Waals surface area contributed by atoms with Gasteiger partial charge in [-0.15, -0.1) is 12.4 Å². The maximum absolute atomic E-state index is 13.3. The molecule has 2 saturated heterocycles. The molecule has 0 aromatic heterocycles. The van der Waals surface area contributed by atoms with Gasteiger partial charge in [0.25, 0.3) is 0 Å². The van der Waals surface area contributed by atoms with E-state index in [-0.39, 0.29) is 18.2 Å². The highest BCUT2D eigenvalue weighted by molar-refractivity contribution is 6.31. The zero-order chi connectivity index (χ0) is 18.6. The molecule has 3 aliphatic rings. The van der Waals surface area contributed by atoms with E-state index in [0.29, 0.717) is 29.1 Å². The Labute approximate surface area is 178 Å². The molecule has 2 aliphatic heterocycles. The third-order valence-electron chi connectivity index (χ3n) is 6.40. The quantitative estimate of drug-likeness (QED) is 0.746. The van der Waals surface area contributed by atoms with Crippen molar-refractivity contribution in [2.45, 2.75) is 56.8 Å². The lowest BCUT2D eigenvalue weighted by atomic mass is 9.92. The first-order chi connectivity index (χ1) is 13.2. The number of likely N-dealkylation sites (tertiary alicyclic amines) is 1. The summed E-state index contributed by atoms with van der Waals surface area (Å²) < 4.78 is 19.0. The number of halogens is 3. The molecule has 4 unspecified atom stereocenters. The van der Waals surface area contributed by atoms with Crippen LogP contribution in [0, 0.1) is 11.7 Å². The van der Waals surface area contributed by atoms with Gasteiger partial charge in [0, 0.05) is 42.8 Å². The van der Waals surface area contributed by atoms with Gasteiger partial charge in [0.15, 0.2) is 0 Å². The summed E-state index contributed by atoms with van der Waals surface area (Å²) in [6, 6.07) is 6.34. The minimum atomic E-state index is -0.269. The average molecular weight is 432 g/mol. The first-order valence-corrected chi connectivity index (χ1v) is 10.8. The highest BCUT2D eigenvalue weighted by Gasteiger charge is 2.36. The Morgan fingerprint density at radius 3 is 2.93 bits per heavy atom. The highest BCUT2D eigenvalue weighted by Crippen LogP contribution is 2.30. The van der Waals surface area contributed by atoms with E-state index in [9.17, 15) is 4.39 Å². The largest absolute Gasteiger partial charge is 0.379 e. The predicted molar refractivity (Wildman–Crippen MR) is 114 cm³/mol. The van der Waals surface area contributed by atoms with Gasteiger partial charge in [-0.1, -0.05) is 24.1 Å². The fourth-order valence-electron chi connectivity index (χ4n) is 5.07. The SMILES string of the molecule is Cl.Fc1ccc(CN2CCCC(NC3CCCC3C3COCCN3)C2)c(Cl)c1. The molecule has 1 aromatic carbocycles. The van der Waals surface area contributed by atoms with Crippen LogP contribution in [0.5, 0.6) is 0 Å². The fourth-order valence-corrected chi connectivity index (χ4v) is 5.29. The van der Waals surface area contributed by atoms with E-state index >= 15 is 0 Å². The van der Waals surface area contributed by atoms with Crippen LogP contribution in [0.1, 0.15) is 37.7 Å². The second kappa shape index (κ2) is 10.6. The third-order valence-corrected chi connectivity index (χ3v) is 6.75. The van der Waals surface area contributed by atoms with Gasteiger partial charge in [-0.25, -0.2) is 4.39 Å². The Hall–Kier alpha value is -0.430. The highest BCUT2D eigenvalue weighted by atomic mass is 35.5. The monoisotopic (exact) mass is 431 g/mol. The first kappa shape index (κ1) is 22.3. The van der Waals surface area contributed by atoms with Gasteiger partial charge in [0.1, 0.15) is 5.82 Å². The van der Waals surface area contributed by atoms with Gasteiger partial charge in [0.2, 0.25) is 0 Å². The summed E-state index contributed by atoms with van der Waals surface area (Å²) >= 11 is 6.23. The lowest BCUT2D eigenvalue weighted by Crippen LogP contribution is -2.55. The van der Waals surface area contributed by atoms with Crippen molar-refractivity contribution in [2.75, 3.05) is 32.8 Å². The van der Waals surface area contributed by atoms with Gasteiger partial charge in [-0.3, -0.25) is 4.90 Å². The minimum absolute atomic E-state index is 0. The Morgan fingerprint density at radius 2 is 2.14 bits per heavy atom. The molecule has 2 N–H and O–H groups in total. The molecule has 2 heterocycles. The van der Waals surface area contributed by atoms with Crippen molar-refractivity contribution in [3.63, 3.8) is 0 Å². The number of nitrogens with zero attached hydrogens (tertiary/aromatic N) is 1. The van der Waals surface area contributed by atoms with E-state index in [1.807, 2.05) is 6.07 Å². The summed E-state index contributed by atoms with van der Waals surface area (Å²) in [4.78, 5) is 2.45. The lowest BCUT2D eigenvalue weighted by molar-refractivity contribution is 0.0502. The van der Waals surface area contributed by atoms with Crippen LogP contribution in [0.25, 0.3) is 0 Å². The topological polar surface area (TPSA) is 36.5 Å². The van der Waals surface area contributed by atoms with E-state index in [2.05, 4.69) is 15.5 Å². The van der Waals surface area contributed by atoms with Crippen LogP contribution in [0.4, 0.5) is 4.39 Å². The van der Waals surface area contributed by atoms with Crippen molar-refractivity contribution >= 4 is 24.0 Å². The number of ether oxygens (including phenoxy) is 1. The molecule has 3 fully saturated rings. The number of piperidine rings is 1. The number of hydrogen-bond acceptors (Lipinski definition) is 4. The number of rotatable bonds is 5. The number of benzene rings is 1. The molecule has 0 amide bonds. The Morgan fingerprint density at radius 1 is 1.25 bits per heavy atom. The summed E-state index contributed by atoms with van der Waals surface area (Å²) in [6.07, 6.45) is 6.29. The van der Waals surface area contributed by atoms with Crippen LogP contribution in [0.15, 0.2) is 18.2 Å². The molecule has 1 aromatic rings. The van der Waals surface area contributed by atoms with E-state index in [1.54, 1.807) is 0 Å². The predicted octanol–water partition coefficient (Wildman–Crippen LogP) is 3.61. The number of nitrogens with one attached hydrogen (secondary N) is 2. The van der Waals surface area contributed by atoms with Crippen molar-refractivity contribution in [3.8, 4) is 0 Å². The molecule has 0 spiro atoms. The number of morpholine rings is 1. The van der Waals surface area contributed by atoms with E-state index in [0.717, 1.165) is 45.0 Å². The standard InChI is InChI=1S/C21H31ClFN3O.ClH/c22-19-11-16(23)7-6-15(19)12-26-9-2-3-17(13-26)25-20-5-1-4-18(20)21-14-27-10-8-24-21;/h6-7,11,17-18,20-21,24-25H,1-5,8-10,12-14H2;1H. The van der Waals surface area contributed by atoms with Crippen LogP contribution in [-0.2, 0) is 11.3 Å². The van der Waals surface area contributed by atoms with Gasteiger partial charge < -0.3 is 15.4 Å². The van der Waals surface area contributed by atoms with Crippen molar-refractivity contribution in [1.82, 2.24) is 15.5 Å². The normalized spacial score (nSPS) is 31.5. The van der Waals surface area contributed by atoms with Crippen molar-refractivity contribution in [2.24, 2.45) is 5.92 Å². The van der Waals surface area contributed by atoms with Crippen LogP contribution >= 0.6 is 24.0 Å². The van der Waals surface area contributed by atoms with Gasteiger partial charge in [0.05, 0.1) is 13.2 Å². The molecule has 1 saturated carbocycles. The van der Waals surface area contributed by atoms with Crippen molar-refractivity contribution < 1.29 is 9.13 Å². The van der Waals surface area contributed by atoms with Crippen LogP contribution in [-0.4, -0.2) is 55.9 Å². The van der Waals surface area contributed by atoms with Crippen LogP contribution in [0.2, 0.25) is 5.02 Å². The van der Waals surface area contributed by atoms with Gasteiger partial charge in [-0.2, -0.15) is 0 Å². The van der Waals surface area contributed by atoms with Crippen molar-refractivity contribution in [3.05, 3.63) is 34.6 Å². The number of hydrogen-bond donors (Lipinski definition) is 2. The van der Waals surface area contributed by atoms with E-state index in [1.165, 1.54) is 44.2 Å². The van der Waals surface area contributed by atoms with E-state index < -0.39 is 0 Å². The summed E-state index contributed by atoms with van der Waals surface area (Å²) in [7, 11) is 0. The molecule has 7 heteroatoms. The average Bonchev–Trinajstić information content (AvgIpc) is 3.13. The smallest absolute Gasteiger partial charge is 0.124 e. The summed E-state index contributed by atoms with van der Waals surface area (Å²) in [5.74, 6) is 0.404. The Bertz CT molecular complexity index is 630. The molecule has 0 radical (unpaired) electrons. The zero-order valence-electron chi connectivity index (χ0n) is 16.3.